The second-order valence-electron chi connectivity index (χ2n) is 13.2. The Balaban J connectivity index is 1.51. The van der Waals surface area contributed by atoms with Crippen molar-refractivity contribution >= 4 is 0 Å². The van der Waals surface area contributed by atoms with Crippen LogP contribution in [0.4, 0.5) is 0 Å². The number of hydrogen-bond donors (Lipinski definition) is 1. The Bertz CT molecular complexity index is 670. The Kier molecular flexibility index (Phi) is 6.75. The van der Waals surface area contributed by atoms with Crippen molar-refractivity contribution in [3.8, 4) is 0 Å². The Hall–Kier alpha value is -0.340. The maximum Gasteiger partial charge on any atom is 0.0816 e. The van der Waals surface area contributed by atoms with Crippen LogP contribution in [0.25, 0.3) is 0 Å². The summed E-state index contributed by atoms with van der Waals surface area (Å²) in [4.78, 5) is 5.39. The molecule has 0 saturated heterocycles. The van der Waals surface area contributed by atoms with Crippen molar-refractivity contribution in [3.63, 3.8) is 0 Å². The lowest BCUT2D eigenvalue weighted by Crippen LogP contribution is -2.53. The van der Waals surface area contributed by atoms with Crippen LogP contribution >= 0.6 is 0 Å². The summed E-state index contributed by atoms with van der Waals surface area (Å²) >= 11 is 0. The molecule has 10 atom stereocenters. The fourth-order valence-corrected chi connectivity index (χ4v) is 9.16. The van der Waals surface area contributed by atoms with Gasteiger partial charge >= 0.3 is 0 Å². The van der Waals surface area contributed by atoms with Gasteiger partial charge in [0.05, 0.1) is 6.10 Å². The van der Waals surface area contributed by atoms with Gasteiger partial charge in [-0.2, -0.15) is 0 Å². The summed E-state index contributed by atoms with van der Waals surface area (Å²) in [7, 11) is 0. The molecule has 3 fully saturated rings. The first-order chi connectivity index (χ1) is 14.6. The van der Waals surface area contributed by atoms with E-state index in [0.717, 1.165) is 47.8 Å². The van der Waals surface area contributed by atoms with Gasteiger partial charge in [-0.05, 0) is 103 Å². The van der Waals surface area contributed by atoms with Gasteiger partial charge in [-0.25, -0.2) is 5.90 Å². The molecule has 0 radical (unpaired) electrons. The molecule has 2 N–H and O–H groups in total. The molecule has 0 aliphatic heterocycles. The van der Waals surface area contributed by atoms with Gasteiger partial charge in [-0.15, -0.1) is 0 Å². The van der Waals surface area contributed by atoms with E-state index in [2.05, 4.69) is 54.5 Å². The van der Waals surface area contributed by atoms with E-state index in [1.54, 1.807) is 0 Å². The summed E-state index contributed by atoms with van der Waals surface area (Å²) in [6.45, 7) is 17.5. The smallest absolute Gasteiger partial charge is 0.0816 e. The van der Waals surface area contributed by atoms with E-state index in [-0.39, 0.29) is 6.10 Å². The van der Waals surface area contributed by atoms with Crippen molar-refractivity contribution in [2.45, 2.75) is 112 Å². The maximum atomic E-state index is 5.67. The Morgan fingerprint density at radius 3 is 2.32 bits per heavy atom. The number of allylic oxidation sites excluding steroid dienone is 2. The number of hydrogen-bond acceptors (Lipinski definition) is 2. The zero-order valence-electron chi connectivity index (χ0n) is 21.6. The molecule has 2 nitrogen and oxygen atoms in total. The van der Waals surface area contributed by atoms with E-state index >= 15 is 0 Å². The second-order valence-corrected chi connectivity index (χ2v) is 13.2. The van der Waals surface area contributed by atoms with Crippen molar-refractivity contribution in [3.05, 3.63) is 11.6 Å². The third-order valence-corrected chi connectivity index (χ3v) is 11.7. The minimum Gasteiger partial charge on any atom is -0.301 e. The number of rotatable bonds is 6. The highest BCUT2D eigenvalue weighted by molar-refractivity contribution is 5.28. The monoisotopic (exact) mass is 429 g/mol. The van der Waals surface area contributed by atoms with Crippen LogP contribution in [0.15, 0.2) is 11.6 Å². The topological polar surface area (TPSA) is 35.2 Å². The number of nitrogens with two attached hydrogens (primary N) is 1. The van der Waals surface area contributed by atoms with Crippen molar-refractivity contribution in [1.29, 1.82) is 0 Å². The average molecular weight is 430 g/mol. The fraction of sp³-hybridized carbons (Fsp3) is 0.931. The summed E-state index contributed by atoms with van der Waals surface area (Å²) < 4.78 is 0. The Morgan fingerprint density at radius 1 is 0.968 bits per heavy atom. The van der Waals surface area contributed by atoms with Gasteiger partial charge in [-0.1, -0.05) is 73.0 Å². The lowest BCUT2D eigenvalue weighted by Gasteiger charge is -2.59. The molecule has 31 heavy (non-hydrogen) atoms. The third-order valence-electron chi connectivity index (χ3n) is 11.7. The molecule has 0 spiro atoms. The minimum atomic E-state index is 0.256. The molecular formula is C29H51NO. The van der Waals surface area contributed by atoms with E-state index in [0.29, 0.717) is 16.7 Å². The Morgan fingerprint density at radius 2 is 1.65 bits per heavy atom. The van der Waals surface area contributed by atoms with Gasteiger partial charge in [0.2, 0.25) is 0 Å². The lowest BCUT2D eigenvalue weighted by atomic mass is 9.46. The first kappa shape index (κ1) is 23.8. The first-order valence-electron chi connectivity index (χ1n) is 13.7. The molecule has 4 aliphatic carbocycles. The summed E-state index contributed by atoms with van der Waals surface area (Å²) in [5, 5.41) is 0. The highest BCUT2D eigenvalue weighted by Gasteiger charge is 2.59. The van der Waals surface area contributed by atoms with E-state index in [9.17, 15) is 0 Å². The molecule has 0 aromatic rings. The standard InChI is InChI=1S/C29H51NO/c1-18(2)19(3)8-9-20(4)23-12-13-25-22-10-11-24-21(5)27(31-30)15-17-29(24,7)26(22)14-16-28(23,25)6/h10,18-21,23-27H,8-9,11-17,30H2,1-7H3. The van der Waals surface area contributed by atoms with Gasteiger partial charge in [0.1, 0.15) is 0 Å². The predicted octanol–water partition coefficient (Wildman–Crippen LogP) is 7.78. The van der Waals surface area contributed by atoms with E-state index in [1.165, 1.54) is 51.4 Å². The zero-order valence-corrected chi connectivity index (χ0v) is 21.6. The largest absolute Gasteiger partial charge is 0.301 e. The van der Waals surface area contributed by atoms with Crippen molar-refractivity contribution in [2.75, 3.05) is 0 Å². The summed E-state index contributed by atoms with van der Waals surface area (Å²) in [6, 6.07) is 0. The van der Waals surface area contributed by atoms with Crippen LogP contribution < -0.4 is 5.90 Å². The molecular weight excluding hydrogens is 378 g/mol. The number of fused-ring (bicyclic) bond motifs is 5. The third kappa shape index (κ3) is 3.86. The molecule has 3 saturated carbocycles. The maximum absolute atomic E-state index is 5.67. The van der Waals surface area contributed by atoms with Gasteiger partial charge < -0.3 is 4.84 Å². The molecule has 0 bridgehead atoms. The molecule has 2 heteroatoms. The molecule has 0 aromatic carbocycles. The predicted molar refractivity (Wildman–Crippen MR) is 131 cm³/mol. The Labute approximate surface area is 193 Å². The van der Waals surface area contributed by atoms with Crippen LogP contribution in [-0.2, 0) is 4.84 Å². The van der Waals surface area contributed by atoms with Gasteiger partial charge in [0.15, 0.2) is 0 Å². The van der Waals surface area contributed by atoms with Crippen molar-refractivity contribution in [2.24, 2.45) is 64.1 Å². The van der Waals surface area contributed by atoms with Crippen LogP contribution in [0.5, 0.6) is 0 Å². The van der Waals surface area contributed by atoms with Crippen molar-refractivity contribution < 1.29 is 4.84 Å². The molecule has 4 aliphatic rings. The average Bonchev–Trinajstić information content (AvgIpc) is 3.09. The van der Waals surface area contributed by atoms with E-state index in [4.69, 9.17) is 10.7 Å². The van der Waals surface area contributed by atoms with E-state index < -0.39 is 0 Å². The summed E-state index contributed by atoms with van der Waals surface area (Å²) in [5.41, 5.74) is 2.88. The highest BCUT2D eigenvalue weighted by atomic mass is 16.6. The molecule has 0 amide bonds. The van der Waals surface area contributed by atoms with Crippen LogP contribution in [0.1, 0.15) is 106 Å². The van der Waals surface area contributed by atoms with Crippen LogP contribution in [0, 0.1) is 58.2 Å². The second kappa shape index (κ2) is 8.79. The van der Waals surface area contributed by atoms with Gasteiger partial charge in [-0.3, -0.25) is 0 Å². The summed E-state index contributed by atoms with van der Waals surface area (Å²) in [5.74, 6) is 12.1. The summed E-state index contributed by atoms with van der Waals surface area (Å²) in [6.07, 6.45) is 15.3. The molecule has 0 aromatic heterocycles. The molecule has 0 heterocycles. The molecule has 10 unspecified atom stereocenters. The van der Waals surface area contributed by atoms with Gasteiger partial charge in [0.25, 0.3) is 0 Å². The van der Waals surface area contributed by atoms with Crippen LogP contribution in [0.3, 0.4) is 0 Å². The quantitative estimate of drug-likeness (QED) is 0.345. The molecule has 4 rings (SSSR count). The van der Waals surface area contributed by atoms with Gasteiger partial charge in [0, 0.05) is 0 Å². The van der Waals surface area contributed by atoms with Crippen LogP contribution in [-0.4, -0.2) is 6.10 Å². The lowest BCUT2D eigenvalue weighted by molar-refractivity contribution is -0.103. The first-order valence-corrected chi connectivity index (χ1v) is 13.7. The fourth-order valence-electron chi connectivity index (χ4n) is 9.16. The van der Waals surface area contributed by atoms with Crippen LogP contribution in [0.2, 0.25) is 0 Å². The SMILES string of the molecule is CC(C)C(C)CCC(C)C1CCC2C3=CCC4C(C)C(ON)CCC4(C)C3CCC21C. The molecule has 178 valence electrons. The normalized spacial score (nSPS) is 46.7. The van der Waals surface area contributed by atoms with E-state index in [1.807, 2.05) is 5.57 Å². The highest BCUT2D eigenvalue weighted by Crippen LogP contribution is 2.67. The zero-order chi connectivity index (χ0) is 22.6. The van der Waals surface area contributed by atoms with Crippen molar-refractivity contribution in [1.82, 2.24) is 0 Å². The minimum absolute atomic E-state index is 0.256.